The Bertz CT molecular complexity index is 468. The minimum Gasteiger partial charge on any atom is -0.479 e. The van der Waals surface area contributed by atoms with Crippen LogP contribution in [-0.4, -0.2) is 28.9 Å². The van der Waals surface area contributed by atoms with Crippen molar-refractivity contribution in [3.8, 4) is 0 Å². The van der Waals surface area contributed by atoms with Gasteiger partial charge >= 0.3 is 5.97 Å². The minimum atomic E-state index is -0.978. The lowest BCUT2D eigenvalue weighted by Crippen LogP contribution is -2.33. The number of amides is 1. The maximum atomic E-state index is 11.5. The van der Waals surface area contributed by atoms with Crippen LogP contribution in [0, 0.1) is 0 Å². The van der Waals surface area contributed by atoms with Crippen LogP contribution in [0.1, 0.15) is 49.3 Å². The first-order chi connectivity index (χ1) is 9.17. The average molecular weight is 261 g/mol. The van der Waals surface area contributed by atoms with Crippen molar-refractivity contribution in [3.05, 3.63) is 35.4 Å². The molecule has 0 aromatic heterocycles. The molecule has 1 fully saturated rings. The van der Waals surface area contributed by atoms with Crippen LogP contribution in [0.3, 0.4) is 0 Å². The predicted molar refractivity (Wildman–Crippen MR) is 71.9 cm³/mol. The van der Waals surface area contributed by atoms with Crippen LogP contribution in [0.4, 0.5) is 0 Å². The molecule has 1 aliphatic rings. The molecule has 1 aliphatic carbocycles. The zero-order chi connectivity index (χ0) is 13.8. The van der Waals surface area contributed by atoms with E-state index in [1.54, 1.807) is 6.07 Å². The van der Waals surface area contributed by atoms with Gasteiger partial charge in [0.1, 0.15) is 0 Å². The van der Waals surface area contributed by atoms with Crippen molar-refractivity contribution >= 4 is 12.4 Å². The zero-order valence-electron chi connectivity index (χ0n) is 11.1. The monoisotopic (exact) mass is 261 g/mol. The first-order valence-electron chi connectivity index (χ1n) is 6.71. The van der Waals surface area contributed by atoms with E-state index in [0.717, 1.165) is 6.42 Å². The smallest absolute Gasteiger partial charge is 0.331 e. The Balaban J connectivity index is 2.29. The second-order valence-electron chi connectivity index (χ2n) is 5.03. The molecule has 0 heterocycles. The number of nitrogens with zero attached hydrogens (tertiary/aromatic N) is 1. The Morgan fingerprint density at radius 1 is 1.53 bits per heavy atom. The Morgan fingerprint density at radius 3 is 2.79 bits per heavy atom. The highest BCUT2D eigenvalue weighted by Crippen LogP contribution is 2.40. The number of carboxylic acid groups (broad SMARTS) is 1. The number of aliphatic carboxylic acids is 1. The van der Waals surface area contributed by atoms with Gasteiger partial charge in [0.25, 0.3) is 0 Å². The fourth-order valence-electron chi connectivity index (χ4n) is 2.38. The van der Waals surface area contributed by atoms with Gasteiger partial charge in [-0.15, -0.1) is 0 Å². The Kier molecular flexibility index (Phi) is 4.20. The number of carbonyl (C=O) groups is 2. The Labute approximate surface area is 113 Å². The average Bonchev–Trinajstić information content (AvgIpc) is 3.22. The van der Waals surface area contributed by atoms with Crippen LogP contribution >= 0.6 is 0 Å². The van der Waals surface area contributed by atoms with E-state index in [2.05, 4.69) is 0 Å². The van der Waals surface area contributed by atoms with E-state index in [1.807, 2.05) is 25.1 Å². The topological polar surface area (TPSA) is 57.6 Å². The van der Waals surface area contributed by atoms with Gasteiger partial charge in [-0.25, -0.2) is 4.79 Å². The first kappa shape index (κ1) is 13.6. The number of carbonyl (C=O) groups excluding carboxylic acids is 1. The van der Waals surface area contributed by atoms with Crippen LogP contribution in [0.25, 0.3) is 0 Å². The third kappa shape index (κ3) is 3.13. The molecule has 1 N–H and O–H groups in total. The van der Waals surface area contributed by atoms with Gasteiger partial charge in [0, 0.05) is 6.54 Å². The van der Waals surface area contributed by atoms with Crippen molar-refractivity contribution in [2.24, 2.45) is 0 Å². The number of hydrogen-bond acceptors (Lipinski definition) is 2. The highest BCUT2D eigenvalue weighted by atomic mass is 16.4. The van der Waals surface area contributed by atoms with Gasteiger partial charge in [-0.1, -0.05) is 31.2 Å². The third-order valence-corrected chi connectivity index (χ3v) is 3.46. The van der Waals surface area contributed by atoms with Gasteiger partial charge in [0.15, 0.2) is 6.04 Å². The summed E-state index contributed by atoms with van der Waals surface area (Å²) in [6, 6.07) is 6.76. The number of carboxylic acids is 1. The van der Waals surface area contributed by atoms with Crippen LogP contribution in [0.15, 0.2) is 24.3 Å². The van der Waals surface area contributed by atoms with Gasteiger partial charge in [-0.05, 0) is 36.3 Å². The van der Waals surface area contributed by atoms with E-state index in [-0.39, 0.29) is 0 Å². The van der Waals surface area contributed by atoms with Crippen LogP contribution in [0.2, 0.25) is 0 Å². The van der Waals surface area contributed by atoms with Crippen molar-refractivity contribution < 1.29 is 14.7 Å². The Morgan fingerprint density at radius 2 is 2.26 bits per heavy atom. The molecule has 4 heteroatoms. The molecule has 0 spiro atoms. The lowest BCUT2D eigenvalue weighted by Gasteiger charge is -2.25. The van der Waals surface area contributed by atoms with Crippen LogP contribution in [-0.2, 0) is 9.59 Å². The van der Waals surface area contributed by atoms with Gasteiger partial charge < -0.3 is 10.0 Å². The van der Waals surface area contributed by atoms with Gasteiger partial charge in [-0.2, -0.15) is 0 Å². The zero-order valence-corrected chi connectivity index (χ0v) is 11.1. The van der Waals surface area contributed by atoms with Crippen molar-refractivity contribution in [2.75, 3.05) is 6.54 Å². The van der Waals surface area contributed by atoms with E-state index < -0.39 is 12.0 Å². The summed E-state index contributed by atoms with van der Waals surface area (Å²) < 4.78 is 0. The molecule has 1 aromatic rings. The van der Waals surface area contributed by atoms with Gasteiger partial charge in [0.2, 0.25) is 6.41 Å². The largest absolute Gasteiger partial charge is 0.479 e. The normalized spacial score (nSPS) is 15.8. The van der Waals surface area contributed by atoms with E-state index in [9.17, 15) is 14.7 Å². The summed E-state index contributed by atoms with van der Waals surface area (Å²) >= 11 is 0. The first-order valence-corrected chi connectivity index (χ1v) is 6.71. The molecule has 0 bridgehead atoms. The van der Waals surface area contributed by atoms with E-state index in [4.69, 9.17) is 0 Å². The van der Waals surface area contributed by atoms with Crippen molar-refractivity contribution in [2.45, 2.75) is 38.1 Å². The maximum Gasteiger partial charge on any atom is 0.331 e. The molecule has 1 atom stereocenters. The highest BCUT2D eigenvalue weighted by molar-refractivity contribution is 5.78. The second-order valence-corrected chi connectivity index (χ2v) is 5.03. The molecule has 0 saturated heterocycles. The molecule has 0 aliphatic heterocycles. The number of rotatable bonds is 7. The SMILES string of the molecule is CCCN(C=O)C(C(=O)O)c1cccc(C2CC2)c1. The van der Waals surface area contributed by atoms with E-state index in [0.29, 0.717) is 24.4 Å². The summed E-state index contributed by atoms with van der Waals surface area (Å²) in [6.07, 6.45) is 3.72. The fourth-order valence-corrected chi connectivity index (χ4v) is 2.38. The summed E-state index contributed by atoms with van der Waals surface area (Å²) in [6.45, 7) is 2.38. The van der Waals surface area contributed by atoms with E-state index >= 15 is 0 Å². The molecular weight excluding hydrogens is 242 g/mol. The van der Waals surface area contributed by atoms with Crippen molar-refractivity contribution in [3.63, 3.8) is 0 Å². The Hall–Kier alpha value is -1.84. The molecule has 2 rings (SSSR count). The predicted octanol–water partition coefficient (Wildman–Crippen LogP) is 2.56. The summed E-state index contributed by atoms with van der Waals surface area (Å²) in [5.41, 5.74) is 1.88. The molecule has 1 amide bonds. The molecule has 1 unspecified atom stereocenters. The quantitative estimate of drug-likeness (QED) is 0.767. The minimum absolute atomic E-state index is 0.453. The van der Waals surface area contributed by atoms with Crippen molar-refractivity contribution in [1.82, 2.24) is 4.90 Å². The molecular formula is C15H19NO3. The molecule has 1 aromatic carbocycles. The third-order valence-electron chi connectivity index (χ3n) is 3.46. The summed E-state index contributed by atoms with van der Waals surface area (Å²) in [7, 11) is 0. The molecule has 19 heavy (non-hydrogen) atoms. The fraction of sp³-hybridized carbons (Fsp3) is 0.467. The number of benzene rings is 1. The van der Waals surface area contributed by atoms with Gasteiger partial charge in [0.05, 0.1) is 0 Å². The second kappa shape index (κ2) is 5.87. The number of hydrogen-bond donors (Lipinski definition) is 1. The van der Waals surface area contributed by atoms with E-state index in [1.165, 1.54) is 23.3 Å². The summed E-state index contributed by atoms with van der Waals surface area (Å²) in [5.74, 6) is -0.404. The summed E-state index contributed by atoms with van der Waals surface area (Å²) in [4.78, 5) is 23.9. The van der Waals surface area contributed by atoms with Gasteiger partial charge in [-0.3, -0.25) is 4.79 Å². The van der Waals surface area contributed by atoms with Crippen molar-refractivity contribution in [1.29, 1.82) is 0 Å². The molecule has 0 radical (unpaired) electrons. The van der Waals surface area contributed by atoms with Crippen LogP contribution < -0.4 is 0 Å². The lowest BCUT2D eigenvalue weighted by atomic mass is 10.0. The molecule has 102 valence electrons. The lowest BCUT2D eigenvalue weighted by molar-refractivity contribution is -0.146. The molecule has 4 nitrogen and oxygen atoms in total. The summed E-state index contributed by atoms with van der Waals surface area (Å²) in [5, 5.41) is 9.40. The maximum absolute atomic E-state index is 11.5. The van der Waals surface area contributed by atoms with Crippen LogP contribution in [0.5, 0.6) is 0 Å². The molecule has 1 saturated carbocycles. The highest BCUT2D eigenvalue weighted by Gasteiger charge is 2.28. The standard InChI is InChI=1S/C15H19NO3/c1-2-8-16(10-17)14(15(18)19)13-5-3-4-12(9-13)11-6-7-11/h3-5,9-11,14H,2,6-8H2,1H3,(H,18,19).